The molecule has 66 valence electrons. The van der Waals surface area contributed by atoms with Gasteiger partial charge in [-0.2, -0.15) is 5.11 Å². The van der Waals surface area contributed by atoms with E-state index in [1.807, 2.05) is 0 Å². The molecule has 2 N–H and O–H groups in total. The van der Waals surface area contributed by atoms with Crippen molar-refractivity contribution < 1.29 is 23.7 Å². The number of azo groups is 1. The van der Waals surface area contributed by atoms with Crippen LogP contribution in [0.25, 0.3) is 0 Å². The van der Waals surface area contributed by atoms with Crippen LogP contribution in [-0.2, 0) is 13.9 Å². The second-order valence-corrected chi connectivity index (χ2v) is 3.10. The van der Waals surface area contributed by atoms with Crippen LogP contribution < -0.4 is 0 Å². The molecule has 0 aliphatic carbocycles. The summed E-state index contributed by atoms with van der Waals surface area (Å²) in [6, 6.07) is 0. The summed E-state index contributed by atoms with van der Waals surface area (Å²) in [7, 11) is -4.65. The van der Waals surface area contributed by atoms with Crippen LogP contribution in [0.4, 0.5) is 0 Å². The van der Waals surface area contributed by atoms with Gasteiger partial charge in [0.25, 0.3) is 5.91 Å². The fourth-order valence-electron chi connectivity index (χ4n) is 0.574. The first kappa shape index (κ1) is 9.21. The molecule has 0 spiro atoms. The molecule has 1 aliphatic heterocycles. The van der Waals surface area contributed by atoms with Crippen LogP contribution in [0.1, 0.15) is 0 Å². The van der Waals surface area contributed by atoms with Crippen molar-refractivity contribution in [3.8, 4) is 0 Å². The summed E-state index contributed by atoms with van der Waals surface area (Å²) in [6.45, 7) is 0. The largest absolute Gasteiger partial charge is 0.470 e. The molecule has 12 heavy (non-hydrogen) atoms. The number of rotatable bonds is 2. The average Bonchev–Trinajstić information content (AvgIpc) is 1.91. The molecule has 0 aromatic heterocycles. The molecule has 0 aromatic rings. The van der Waals surface area contributed by atoms with Gasteiger partial charge < -0.3 is 9.79 Å². The summed E-state index contributed by atoms with van der Waals surface area (Å²) in [4.78, 5) is 27.3. The lowest BCUT2D eigenvalue weighted by Gasteiger charge is -2.11. The zero-order chi connectivity index (χ0) is 9.19. The van der Waals surface area contributed by atoms with Crippen LogP contribution >= 0.6 is 7.82 Å². The highest BCUT2D eigenvalue weighted by atomic mass is 31.2. The minimum atomic E-state index is -4.65. The lowest BCUT2D eigenvalue weighted by Crippen LogP contribution is -2.20. The third-order valence-electron chi connectivity index (χ3n) is 0.978. The second kappa shape index (κ2) is 3.24. The summed E-state index contributed by atoms with van der Waals surface area (Å²) in [5.41, 5.74) is 0. The van der Waals surface area contributed by atoms with E-state index < -0.39 is 19.8 Å². The molecule has 0 saturated carbocycles. The van der Waals surface area contributed by atoms with Gasteiger partial charge in [0.2, 0.25) is 0 Å². The van der Waals surface area contributed by atoms with Crippen molar-refractivity contribution in [2.75, 3.05) is 0 Å². The number of phosphoric ester groups is 1. The van der Waals surface area contributed by atoms with Crippen molar-refractivity contribution in [3.63, 3.8) is 0 Å². The van der Waals surface area contributed by atoms with E-state index in [1.165, 1.54) is 0 Å². The Bertz CT molecular complexity index is 292. The van der Waals surface area contributed by atoms with Gasteiger partial charge in [-0.1, -0.05) is 0 Å². The Balaban J connectivity index is 2.66. The predicted molar refractivity (Wildman–Crippen MR) is 35.9 cm³/mol. The van der Waals surface area contributed by atoms with Crippen molar-refractivity contribution in [2.24, 2.45) is 10.2 Å². The summed E-state index contributed by atoms with van der Waals surface area (Å²) in [5.74, 6) is -0.833. The Kier molecular flexibility index (Phi) is 2.49. The molecule has 8 heteroatoms. The Morgan fingerprint density at radius 1 is 1.58 bits per heavy atom. The van der Waals surface area contributed by atoms with E-state index in [-0.39, 0.29) is 0 Å². The number of amides is 1. The standard InChI is InChI=1S/C4H5N2O5P/c7-4-3(1-2-5-6-4)11-12(8,9)10/h1-3H,(H2,8,9,10). The monoisotopic (exact) mass is 192 g/mol. The number of carbonyl (C=O) groups excluding carboxylic acids is 1. The van der Waals surface area contributed by atoms with E-state index in [4.69, 9.17) is 9.79 Å². The quantitative estimate of drug-likeness (QED) is 0.597. The van der Waals surface area contributed by atoms with E-state index >= 15 is 0 Å². The third kappa shape index (κ3) is 2.63. The van der Waals surface area contributed by atoms with Gasteiger partial charge in [0.15, 0.2) is 6.10 Å². The maximum absolute atomic E-state index is 10.7. The van der Waals surface area contributed by atoms with Gasteiger partial charge in [0.1, 0.15) is 0 Å². The lowest BCUT2D eigenvalue weighted by atomic mass is 10.3. The van der Waals surface area contributed by atoms with Crippen molar-refractivity contribution in [3.05, 3.63) is 12.3 Å². The number of nitrogens with zero attached hydrogens (tertiary/aromatic N) is 2. The van der Waals surface area contributed by atoms with Crippen molar-refractivity contribution in [1.29, 1.82) is 0 Å². The molecule has 0 radical (unpaired) electrons. The zero-order valence-corrected chi connectivity index (χ0v) is 6.59. The fraction of sp³-hybridized carbons (Fsp3) is 0.250. The number of hydrogen-bond acceptors (Lipinski definition) is 4. The summed E-state index contributed by atoms with van der Waals surface area (Å²) in [6.07, 6.45) is 0.902. The Morgan fingerprint density at radius 3 is 2.75 bits per heavy atom. The van der Waals surface area contributed by atoms with Crippen LogP contribution in [0.3, 0.4) is 0 Å². The molecule has 1 atom stereocenters. The Morgan fingerprint density at radius 2 is 2.25 bits per heavy atom. The van der Waals surface area contributed by atoms with Crippen LogP contribution in [0.2, 0.25) is 0 Å². The van der Waals surface area contributed by atoms with Crippen molar-refractivity contribution in [2.45, 2.75) is 6.10 Å². The maximum atomic E-state index is 10.7. The van der Waals surface area contributed by atoms with E-state index in [0.717, 1.165) is 12.3 Å². The smallest absolute Gasteiger partial charge is 0.303 e. The Labute approximate surface area is 67.0 Å². The molecular weight excluding hydrogens is 187 g/mol. The van der Waals surface area contributed by atoms with Crippen LogP contribution in [0.15, 0.2) is 22.5 Å². The second-order valence-electron chi connectivity index (χ2n) is 1.91. The predicted octanol–water partition coefficient (Wildman–Crippen LogP) is -0.0296. The minimum Gasteiger partial charge on any atom is -0.303 e. The topological polar surface area (TPSA) is 109 Å². The molecule has 0 saturated heterocycles. The number of phosphoric acid groups is 1. The molecule has 0 aromatic carbocycles. The molecule has 0 fully saturated rings. The van der Waals surface area contributed by atoms with E-state index in [2.05, 4.69) is 14.8 Å². The van der Waals surface area contributed by atoms with Gasteiger partial charge in [-0.05, 0) is 6.08 Å². The average molecular weight is 192 g/mol. The van der Waals surface area contributed by atoms with Crippen molar-refractivity contribution >= 4 is 13.7 Å². The van der Waals surface area contributed by atoms with E-state index in [1.54, 1.807) is 0 Å². The number of carbonyl (C=O) groups is 1. The molecular formula is C4H5N2O5P. The lowest BCUT2D eigenvalue weighted by molar-refractivity contribution is -0.124. The highest BCUT2D eigenvalue weighted by Gasteiger charge is 2.27. The molecule has 1 amide bonds. The molecule has 1 aliphatic rings. The molecule has 7 nitrogen and oxygen atoms in total. The van der Waals surface area contributed by atoms with Gasteiger partial charge in [-0.25, -0.2) is 4.57 Å². The fourth-order valence-corrected chi connectivity index (χ4v) is 1.03. The van der Waals surface area contributed by atoms with Gasteiger partial charge in [0, 0.05) is 6.20 Å². The molecule has 1 heterocycles. The molecule has 1 unspecified atom stereocenters. The minimum absolute atomic E-state index is 0.833. The van der Waals surface area contributed by atoms with Crippen LogP contribution in [0.5, 0.6) is 0 Å². The number of hydrogen-bond donors (Lipinski definition) is 2. The SMILES string of the molecule is O=C1N=NC=CC1OP(=O)(O)O. The summed E-state index contributed by atoms with van der Waals surface area (Å²) < 4.78 is 14.3. The van der Waals surface area contributed by atoms with Gasteiger partial charge in [0.05, 0.1) is 0 Å². The summed E-state index contributed by atoms with van der Waals surface area (Å²) in [5, 5.41) is 6.23. The zero-order valence-electron chi connectivity index (χ0n) is 5.69. The van der Waals surface area contributed by atoms with E-state index in [0.29, 0.717) is 0 Å². The molecule has 0 bridgehead atoms. The maximum Gasteiger partial charge on any atom is 0.470 e. The highest BCUT2D eigenvalue weighted by Crippen LogP contribution is 2.38. The summed E-state index contributed by atoms with van der Waals surface area (Å²) >= 11 is 0. The first-order chi connectivity index (χ1) is 5.49. The first-order valence-electron chi connectivity index (χ1n) is 2.84. The highest BCUT2D eigenvalue weighted by molar-refractivity contribution is 7.46. The van der Waals surface area contributed by atoms with Crippen LogP contribution in [-0.4, -0.2) is 21.8 Å². The third-order valence-corrected chi connectivity index (χ3v) is 1.48. The van der Waals surface area contributed by atoms with Gasteiger partial charge in [-0.3, -0.25) is 9.32 Å². The van der Waals surface area contributed by atoms with Gasteiger partial charge in [-0.15, -0.1) is 5.11 Å². The molecule has 1 rings (SSSR count). The normalized spacial score (nSPS) is 23.2. The van der Waals surface area contributed by atoms with Gasteiger partial charge >= 0.3 is 7.82 Å². The van der Waals surface area contributed by atoms with E-state index in [9.17, 15) is 9.36 Å². The van der Waals surface area contributed by atoms with Crippen molar-refractivity contribution in [1.82, 2.24) is 0 Å². The van der Waals surface area contributed by atoms with Crippen LogP contribution in [0, 0.1) is 0 Å². The first-order valence-corrected chi connectivity index (χ1v) is 4.37. The Hall–Kier alpha value is -0.880.